The Hall–Kier alpha value is -2.07. The maximum absolute atomic E-state index is 5.50. The number of pyridine rings is 1. The van der Waals surface area contributed by atoms with Gasteiger partial charge in [-0.05, 0) is 62.7 Å². The molecular formula is C22H32N2O2. The van der Waals surface area contributed by atoms with Gasteiger partial charge in [0, 0.05) is 23.9 Å². The smallest absolute Gasteiger partial charge is 0.126 e. The third-order valence-electron chi connectivity index (χ3n) is 4.65. The molecule has 0 unspecified atom stereocenters. The van der Waals surface area contributed by atoms with Crippen LogP contribution in [-0.4, -0.2) is 37.2 Å². The summed E-state index contributed by atoms with van der Waals surface area (Å²) >= 11 is 0. The first-order chi connectivity index (χ1) is 12.6. The molecule has 0 spiro atoms. The van der Waals surface area contributed by atoms with Crippen LogP contribution in [0.4, 0.5) is 0 Å². The van der Waals surface area contributed by atoms with E-state index in [0.29, 0.717) is 0 Å². The molecule has 1 heterocycles. The van der Waals surface area contributed by atoms with Gasteiger partial charge in [-0.1, -0.05) is 20.3 Å². The molecule has 0 aliphatic rings. The summed E-state index contributed by atoms with van der Waals surface area (Å²) in [6.07, 6.45) is 5.54. The Kier molecular flexibility index (Phi) is 7.92. The quantitative estimate of drug-likeness (QED) is 0.594. The SMILES string of the molecule is CCCCN(CCC)Cc1ccnc(-c2cc(OC)c(C)c(OC)c2)c1. The van der Waals surface area contributed by atoms with Crippen molar-refractivity contribution in [2.75, 3.05) is 27.3 Å². The normalized spacial score (nSPS) is 11.0. The van der Waals surface area contributed by atoms with E-state index < -0.39 is 0 Å². The molecule has 2 rings (SSSR count). The number of nitrogens with zero attached hydrogens (tertiary/aromatic N) is 2. The van der Waals surface area contributed by atoms with Crippen LogP contribution in [0.3, 0.4) is 0 Å². The minimum Gasteiger partial charge on any atom is -0.496 e. The van der Waals surface area contributed by atoms with Crippen LogP contribution < -0.4 is 9.47 Å². The first-order valence-corrected chi connectivity index (χ1v) is 9.53. The van der Waals surface area contributed by atoms with E-state index in [1.54, 1.807) is 14.2 Å². The third kappa shape index (κ3) is 5.21. The fourth-order valence-corrected chi connectivity index (χ4v) is 3.19. The molecule has 142 valence electrons. The van der Waals surface area contributed by atoms with Gasteiger partial charge in [0.05, 0.1) is 19.9 Å². The number of hydrogen-bond donors (Lipinski definition) is 0. The van der Waals surface area contributed by atoms with Gasteiger partial charge >= 0.3 is 0 Å². The number of methoxy groups -OCH3 is 2. The van der Waals surface area contributed by atoms with Gasteiger partial charge in [-0.25, -0.2) is 0 Å². The highest BCUT2D eigenvalue weighted by atomic mass is 16.5. The molecule has 0 atom stereocenters. The summed E-state index contributed by atoms with van der Waals surface area (Å²) < 4.78 is 11.0. The number of benzene rings is 1. The van der Waals surface area contributed by atoms with Crippen molar-refractivity contribution >= 4 is 0 Å². The Bertz CT molecular complexity index is 675. The zero-order chi connectivity index (χ0) is 18.9. The Morgan fingerprint density at radius 1 is 0.962 bits per heavy atom. The lowest BCUT2D eigenvalue weighted by Crippen LogP contribution is -2.25. The second kappa shape index (κ2) is 10.2. The first-order valence-electron chi connectivity index (χ1n) is 9.53. The van der Waals surface area contributed by atoms with Crippen LogP contribution in [0.1, 0.15) is 44.2 Å². The molecule has 0 aliphatic carbocycles. The van der Waals surface area contributed by atoms with Crippen molar-refractivity contribution in [2.24, 2.45) is 0 Å². The van der Waals surface area contributed by atoms with Gasteiger partial charge in [0.1, 0.15) is 11.5 Å². The van der Waals surface area contributed by atoms with Crippen molar-refractivity contribution in [2.45, 2.75) is 46.6 Å². The lowest BCUT2D eigenvalue weighted by Gasteiger charge is -2.21. The minimum atomic E-state index is 0.821. The van der Waals surface area contributed by atoms with Crippen molar-refractivity contribution in [1.29, 1.82) is 0 Å². The maximum atomic E-state index is 5.50. The van der Waals surface area contributed by atoms with Gasteiger partial charge in [0.15, 0.2) is 0 Å². The summed E-state index contributed by atoms with van der Waals surface area (Å²) in [4.78, 5) is 7.10. The highest BCUT2D eigenvalue weighted by molar-refractivity contribution is 5.66. The molecule has 0 amide bonds. The zero-order valence-electron chi connectivity index (χ0n) is 16.8. The molecule has 2 aromatic rings. The van der Waals surface area contributed by atoms with Crippen LogP contribution >= 0.6 is 0 Å². The van der Waals surface area contributed by atoms with Crippen molar-refractivity contribution in [1.82, 2.24) is 9.88 Å². The third-order valence-corrected chi connectivity index (χ3v) is 4.65. The number of hydrogen-bond acceptors (Lipinski definition) is 4. The van der Waals surface area contributed by atoms with Gasteiger partial charge in [0.25, 0.3) is 0 Å². The molecule has 0 radical (unpaired) electrons. The van der Waals surface area contributed by atoms with E-state index in [0.717, 1.165) is 48.0 Å². The Labute approximate surface area is 158 Å². The zero-order valence-corrected chi connectivity index (χ0v) is 16.8. The number of aromatic nitrogens is 1. The van der Waals surface area contributed by atoms with Crippen LogP contribution in [0, 0.1) is 6.92 Å². The fourth-order valence-electron chi connectivity index (χ4n) is 3.19. The largest absolute Gasteiger partial charge is 0.496 e. The van der Waals surface area contributed by atoms with Gasteiger partial charge in [-0.2, -0.15) is 0 Å². The van der Waals surface area contributed by atoms with Crippen LogP contribution in [0.15, 0.2) is 30.5 Å². The molecule has 1 aromatic heterocycles. The second-order valence-corrected chi connectivity index (χ2v) is 6.68. The Balaban J connectivity index is 2.28. The van der Waals surface area contributed by atoms with Crippen LogP contribution in [0.25, 0.3) is 11.3 Å². The molecule has 0 saturated heterocycles. The van der Waals surface area contributed by atoms with Crippen LogP contribution in [-0.2, 0) is 6.54 Å². The summed E-state index contributed by atoms with van der Waals surface area (Å²) in [7, 11) is 3.37. The summed E-state index contributed by atoms with van der Waals surface area (Å²) in [6.45, 7) is 9.72. The van der Waals surface area contributed by atoms with E-state index in [2.05, 4.69) is 35.9 Å². The predicted octanol–water partition coefficient (Wildman–Crippen LogP) is 5.09. The highest BCUT2D eigenvalue weighted by Crippen LogP contribution is 2.33. The average molecular weight is 357 g/mol. The summed E-state index contributed by atoms with van der Waals surface area (Å²) in [6, 6.07) is 8.36. The van der Waals surface area contributed by atoms with Crippen LogP contribution in [0.5, 0.6) is 11.5 Å². The lowest BCUT2D eigenvalue weighted by atomic mass is 10.0. The van der Waals surface area contributed by atoms with E-state index in [4.69, 9.17) is 9.47 Å². The average Bonchev–Trinajstić information content (AvgIpc) is 2.66. The molecule has 0 aliphatic heterocycles. The molecule has 4 heteroatoms. The van der Waals surface area contributed by atoms with Gasteiger partial charge < -0.3 is 9.47 Å². The van der Waals surface area contributed by atoms with Crippen molar-refractivity contribution in [3.63, 3.8) is 0 Å². The number of unbranched alkanes of at least 4 members (excludes halogenated alkanes) is 1. The topological polar surface area (TPSA) is 34.6 Å². The first kappa shape index (κ1) is 20.2. The highest BCUT2D eigenvalue weighted by Gasteiger charge is 2.12. The number of ether oxygens (including phenoxy) is 2. The lowest BCUT2D eigenvalue weighted by molar-refractivity contribution is 0.261. The standard InChI is InChI=1S/C22H32N2O2/c1-6-8-12-24(11-7-2)16-18-9-10-23-20(13-18)19-14-21(25-4)17(3)22(15-19)26-5/h9-10,13-15H,6-8,11-12,16H2,1-5H3. The Morgan fingerprint density at radius 2 is 1.65 bits per heavy atom. The fraction of sp³-hybridized carbons (Fsp3) is 0.500. The van der Waals surface area contributed by atoms with E-state index >= 15 is 0 Å². The second-order valence-electron chi connectivity index (χ2n) is 6.68. The van der Waals surface area contributed by atoms with E-state index in [-0.39, 0.29) is 0 Å². The van der Waals surface area contributed by atoms with Crippen LogP contribution in [0.2, 0.25) is 0 Å². The van der Waals surface area contributed by atoms with E-state index in [1.807, 2.05) is 25.3 Å². The van der Waals surface area contributed by atoms with Crippen molar-refractivity contribution in [3.8, 4) is 22.8 Å². The Morgan fingerprint density at radius 3 is 2.23 bits per heavy atom. The molecule has 0 bridgehead atoms. The molecule has 1 aromatic carbocycles. The van der Waals surface area contributed by atoms with Crippen molar-refractivity contribution < 1.29 is 9.47 Å². The summed E-state index contributed by atoms with van der Waals surface area (Å²) in [5.41, 5.74) is 4.26. The van der Waals surface area contributed by atoms with E-state index in [1.165, 1.54) is 24.8 Å². The molecular weight excluding hydrogens is 324 g/mol. The predicted molar refractivity (Wildman–Crippen MR) is 108 cm³/mol. The maximum Gasteiger partial charge on any atom is 0.126 e. The molecule has 0 N–H and O–H groups in total. The summed E-state index contributed by atoms with van der Waals surface area (Å²) in [5.74, 6) is 1.64. The molecule has 0 saturated carbocycles. The molecule has 4 nitrogen and oxygen atoms in total. The van der Waals surface area contributed by atoms with Gasteiger partial charge in [-0.15, -0.1) is 0 Å². The molecule has 0 fully saturated rings. The van der Waals surface area contributed by atoms with E-state index in [9.17, 15) is 0 Å². The number of rotatable bonds is 10. The minimum absolute atomic E-state index is 0.821. The van der Waals surface area contributed by atoms with Gasteiger partial charge in [-0.3, -0.25) is 9.88 Å². The van der Waals surface area contributed by atoms with Crippen molar-refractivity contribution in [3.05, 3.63) is 41.6 Å². The monoisotopic (exact) mass is 356 g/mol. The molecule has 26 heavy (non-hydrogen) atoms. The summed E-state index contributed by atoms with van der Waals surface area (Å²) in [5, 5.41) is 0. The van der Waals surface area contributed by atoms with Gasteiger partial charge in [0.2, 0.25) is 0 Å².